The van der Waals surface area contributed by atoms with Crippen molar-refractivity contribution in [1.29, 1.82) is 0 Å². The zero-order chi connectivity index (χ0) is 26.8. The first-order valence-corrected chi connectivity index (χ1v) is 10.4. The van der Waals surface area contributed by atoms with Crippen LogP contribution in [-0.4, -0.2) is 30.6 Å². The maximum Gasteiger partial charge on any atom is 0.344 e. The predicted molar refractivity (Wildman–Crippen MR) is 122 cm³/mol. The summed E-state index contributed by atoms with van der Waals surface area (Å²) < 4.78 is 38.9. The van der Waals surface area contributed by atoms with Gasteiger partial charge >= 0.3 is 11.3 Å². The van der Waals surface area contributed by atoms with E-state index in [0.29, 0.717) is 6.07 Å². The van der Waals surface area contributed by atoms with Gasteiger partial charge in [-0.2, -0.15) is 0 Å². The molecule has 12 heteroatoms. The molecule has 0 bridgehead atoms. The molecule has 0 aliphatic rings. The maximum atomic E-state index is 15.0. The third-order valence-corrected chi connectivity index (χ3v) is 5.92. The number of rotatable bonds is 3. The molecule has 188 valence electrons. The minimum absolute atomic E-state index is 0.329. The van der Waals surface area contributed by atoms with Gasteiger partial charge in [-0.3, -0.25) is 0 Å². The van der Waals surface area contributed by atoms with E-state index >= 15 is 4.39 Å². The van der Waals surface area contributed by atoms with Crippen LogP contribution in [0.15, 0.2) is 60.9 Å². The van der Waals surface area contributed by atoms with E-state index in [4.69, 9.17) is 8.83 Å². The van der Waals surface area contributed by atoms with Gasteiger partial charge in [0.1, 0.15) is 23.1 Å². The summed E-state index contributed by atoms with van der Waals surface area (Å²) >= 11 is 0. The molecule has 2 aromatic heterocycles. The fourth-order valence-electron chi connectivity index (χ4n) is 4.18. The first kappa shape index (κ1) is 23.5. The van der Waals surface area contributed by atoms with E-state index in [2.05, 4.69) is 0 Å². The van der Waals surface area contributed by atoms with Gasteiger partial charge in [0.15, 0.2) is 22.7 Å². The molecule has 0 radical (unpaired) electrons. The van der Waals surface area contributed by atoms with Gasteiger partial charge in [0.25, 0.3) is 0 Å². The number of hydrogen-bond acceptors (Lipinski definition) is 10. The Morgan fingerprint density at radius 1 is 0.622 bits per heavy atom. The van der Waals surface area contributed by atoms with E-state index in [1.807, 2.05) is 0 Å². The predicted octanol–water partition coefficient (Wildman–Crippen LogP) is 3.59. The SMILES string of the molecule is O=c1oc2c(O)c(O)ccc2c(O)c1C(c1ccc(F)cc1F)c1c(O)c2ccc(O)c(O)c2oc1=O. The van der Waals surface area contributed by atoms with Gasteiger partial charge in [0.05, 0.1) is 27.8 Å². The quantitative estimate of drug-likeness (QED) is 0.154. The minimum Gasteiger partial charge on any atom is -0.507 e. The Morgan fingerprint density at radius 3 is 1.51 bits per heavy atom. The van der Waals surface area contributed by atoms with Crippen molar-refractivity contribution in [3.8, 4) is 34.5 Å². The highest BCUT2D eigenvalue weighted by molar-refractivity contribution is 5.92. The Bertz CT molecular complexity index is 1760. The number of aromatic hydroxyl groups is 6. The van der Waals surface area contributed by atoms with Gasteiger partial charge in [0.2, 0.25) is 11.5 Å². The van der Waals surface area contributed by atoms with Crippen molar-refractivity contribution in [3.05, 3.63) is 91.6 Å². The highest BCUT2D eigenvalue weighted by Gasteiger charge is 2.35. The molecule has 0 spiro atoms. The van der Waals surface area contributed by atoms with E-state index in [-0.39, 0.29) is 10.8 Å². The topological polar surface area (TPSA) is 182 Å². The third-order valence-electron chi connectivity index (χ3n) is 5.92. The summed E-state index contributed by atoms with van der Waals surface area (Å²) in [5, 5.41) is 60.9. The lowest BCUT2D eigenvalue weighted by Gasteiger charge is -2.20. The molecule has 0 amide bonds. The third kappa shape index (κ3) is 3.45. The lowest BCUT2D eigenvalue weighted by atomic mass is 9.84. The molecule has 0 atom stereocenters. The molecule has 0 aliphatic heterocycles. The van der Waals surface area contributed by atoms with Gasteiger partial charge in [-0.15, -0.1) is 0 Å². The number of benzene rings is 3. The van der Waals surface area contributed by atoms with Crippen molar-refractivity contribution in [2.75, 3.05) is 0 Å². The van der Waals surface area contributed by atoms with Gasteiger partial charge in [-0.1, -0.05) is 6.07 Å². The van der Waals surface area contributed by atoms with Gasteiger partial charge < -0.3 is 39.5 Å². The van der Waals surface area contributed by atoms with Crippen molar-refractivity contribution in [2.45, 2.75) is 5.92 Å². The van der Waals surface area contributed by atoms with Gasteiger partial charge in [0, 0.05) is 11.6 Å². The molecule has 2 heterocycles. The zero-order valence-electron chi connectivity index (χ0n) is 18.2. The van der Waals surface area contributed by atoms with Crippen LogP contribution in [0.4, 0.5) is 8.78 Å². The van der Waals surface area contributed by atoms with Crippen molar-refractivity contribution >= 4 is 21.9 Å². The van der Waals surface area contributed by atoms with E-state index in [0.717, 1.165) is 36.4 Å². The van der Waals surface area contributed by atoms with Crippen molar-refractivity contribution in [2.24, 2.45) is 0 Å². The molecular formula is C25H14F2O10. The Balaban J connectivity index is 1.94. The first-order chi connectivity index (χ1) is 17.5. The highest BCUT2D eigenvalue weighted by atomic mass is 19.1. The van der Waals surface area contributed by atoms with Crippen LogP contribution >= 0.6 is 0 Å². The number of phenols is 4. The van der Waals surface area contributed by atoms with Crippen LogP contribution in [0.3, 0.4) is 0 Å². The van der Waals surface area contributed by atoms with Crippen LogP contribution in [-0.2, 0) is 0 Å². The van der Waals surface area contributed by atoms with Crippen LogP contribution in [0.5, 0.6) is 34.5 Å². The molecule has 3 aromatic carbocycles. The van der Waals surface area contributed by atoms with Crippen molar-refractivity contribution in [3.63, 3.8) is 0 Å². The molecule has 6 N–H and O–H groups in total. The number of hydrogen-bond donors (Lipinski definition) is 6. The zero-order valence-corrected chi connectivity index (χ0v) is 18.2. The number of fused-ring (bicyclic) bond motifs is 2. The lowest BCUT2D eigenvalue weighted by molar-refractivity contribution is 0.391. The minimum atomic E-state index is -1.96. The number of phenolic OH excluding ortho intramolecular Hbond substituents is 4. The van der Waals surface area contributed by atoms with Gasteiger partial charge in [-0.25, -0.2) is 18.4 Å². The molecule has 0 saturated carbocycles. The summed E-state index contributed by atoms with van der Waals surface area (Å²) in [4.78, 5) is 26.1. The summed E-state index contributed by atoms with van der Waals surface area (Å²) in [5.74, 6) is -9.21. The molecule has 10 nitrogen and oxygen atoms in total. The van der Waals surface area contributed by atoms with E-state index in [1.165, 1.54) is 0 Å². The van der Waals surface area contributed by atoms with Gasteiger partial charge in [-0.05, 0) is 30.3 Å². The molecule has 0 unspecified atom stereocenters. The molecule has 0 aliphatic carbocycles. The van der Waals surface area contributed by atoms with Crippen LogP contribution in [0, 0.1) is 11.6 Å². The normalized spacial score (nSPS) is 11.5. The Morgan fingerprint density at radius 2 is 1.08 bits per heavy atom. The second-order valence-corrected chi connectivity index (χ2v) is 8.02. The molecule has 5 aromatic rings. The fourth-order valence-corrected chi connectivity index (χ4v) is 4.18. The second kappa shape index (κ2) is 8.16. The van der Waals surface area contributed by atoms with Crippen LogP contribution < -0.4 is 11.3 Å². The van der Waals surface area contributed by atoms with Crippen LogP contribution in [0.2, 0.25) is 0 Å². The summed E-state index contributed by atoms with van der Waals surface area (Å²) in [6.07, 6.45) is 0. The average molecular weight is 512 g/mol. The van der Waals surface area contributed by atoms with Crippen molar-refractivity contribution < 1.29 is 48.3 Å². The summed E-state index contributed by atoms with van der Waals surface area (Å²) in [6, 6.07) is 6.16. The first-order valence-electron chi connectivity index (χ1n) is 10.4. The lowest BCUT2D eigenvalue weighted by Crippen LogP contribution is -2.22. The summed E-state index contributed by atoms with van der Waals surface area (Å²) in [7, 11) is 0. The fraction of sp³-hybridized carbons (Fsp3) is 0.0400. The van der Waals surface area contributed by atoms with Crippen LogP contribution in [0.1, 0.15) is 22.6 Å². The standard InChI is InChI=1S/C25H14F2O10/c26-8-1-2-9(12(27)7-8)15(16-18(30)10-3-5-13(28)20(32)22(10)36-24(16)34)17-19(31)11-4-6-14(29)21(33)23(11)37-25(17)35/h1-7,15,28-33H. The Hall–Kier alpha value is -5.26. The van der Waals surface area contributed by atoms with E-state index in [9.17, 15) is 44.6 Å². The average Bonchev–Trinajstić information content (AvgIpc) is 2.83. The summed E-state index contributed by atoms with van der Waals surface area (Å²) in [6.45, 7) is 0. The van der Waals surface area contributed by atoms with E-state index < -0.39 is 91.2 Å². The second-order valence-electron chi connectivity index (χ2n) is 8.02. The van der Waals surface area contributed by atoms with E-state index in [1.54, 1.807) is 0 Å². The largest absolute Gasteiger partial charge is 0.507 e. The number of halogens is 2. The van der Waals surface area contributed by atoms with Crippen molar-refractivity contribution in [1.82, 2.24) is 0 Å². The van der Waals surface area contributed by atoms with Crippen LogP contribution in [0.25, 0.3) is 21.9 Å². The Kier molecular flexibility index (Phi) is 5.18. The maximum absolute atomic E-state index is 15.0. The Labute approximate surface area is 202 Å². The monoisotopic (exact) mass is 512 g/mol. The smallest absolute Gasteiger partial charge is 0.344 e. The highest BCUT2D eigenvalue weighted by Crippen LogP contribution is 2.46. The molecule has 0 fully saturated rings. The molecule has 0 saturated heterocycles. The molecule has 37 heavy (non-hydrogen) atoms. The molecule has 5 rings (SSSR count). The molecular weight excluding hydrogens is 498 g/mol. The summed E-state index contributed by atoms with van der Waals surface area (Å²) in [5.41, 5.74) is -6.23.